The summed E-state index contributed by atoms with van der Waals surface area (Å²) in [6.45, 7) is 0.202. The third-order valence-electron chi connectivity index (χ3n) is 2.46. The van der Waals surface area contributed by atoms with E-state index >= 15 is 0 Å². The number of nitrogens with two attached hydrogens (primary N) is 1. The molecule has 0 radical (unpaired) electrons. The highest BCUT2D eigenvalue weighted by Crippen LogP contribution is 2.23. The van der Waals surface area contributed by atoms with Crippen molar-refractivity contribution < 1.29 is 9.53 Å². The Hall–Kier alpha value is -2.20. The highest BCUT2D eigenvalue weighted by atomic mass is 35.5. The van der Waals surface area contributed by atoms with Crippen LogP contribution in [0.15, 0.2) is 48.5 Å². The Labute approximate surface area is 116 Å². The number of rotatable bonds is 3. The number of ether oxygens (including phenoxy) is 1. The molecular weight excluding hydrogens is 264 g/mol. The molecule has 0 heterocycles. The van der Waals surface area contributed by atoms with Gasteiger partial charge in [0.2, 0.25) is 0 Å². The SMILES string of the molecule is Nc1ccc(Cl)cc1NC(=O)OCc1ccccc1. The van der Waals surface area contributed by atoms with E-state index in [1.807, 2.05) is 30.3 Å². The number of amides is 1. The molecule has 5 heteroatoms. The minimum Gasteiger partial charge on any atom is -0.444 e. The second-order valence-corrected chi connectivity index (χ2v) is 4.35. The number of carbonyl (C=O) groups excluding carboxylic acids is 1. The van der Waals surface area contributed by atoms with Crippen LogP contribution in [0.4, 0.5) is 16.2 Å². The van der Waals surface area contributed by atoms with E-state index in [1.165, 1.54) is 0 Å². The van der Waals surface area contributed by atoms with Crippen molar-refractivity contribution in [1.29, 1.82) is 0 Å². The second kappa shape index (κ2) is 6.11. The van der Waals surface area contributed by atoms with Crippen LogP contribution in [0.1, 0.15) is 5.56 Å². The number of hydrogen-bond donors (Lipinski definition) is 2. The van der Waals surface area contributed by atoms with E-state index in [-0.39, 0.29) is 6.61 Å². The summed E-state index contributed by atoms with van der Waals surface area (Å²) in [7, 11) is 0. The molecule has 0 atom stereocenters. The highest BCUT2D eigenvalue weighted by molar-refractivity contribution is 6.31. The smallest absolute Gasteiger partial charge is 0.412 e. The number of nitrogen functional groups attached to an aromatic ring is 1. The Bertz CT molecular complexity index is 573. The molecule has 0 spiro atoms. The fraction of sp³-hybridized carbons (Fsp3) is 0.0714. The van der Waals surface area contributed by atoms with E-state index in [4.69, 9.17) is 22.1 Å². The number of benzene rings is 2. The lowest BCUT2D eigenvalue weighted by molar-refractivity contribution is 0.155. The molecule has 0 aromatic heterocycles. The van der Waals surface area contributed by atoms with Crippen LogP contribution in [0.3, 0.4) is 0 Å². The maximum atomic E-state index is 11.6. The fourth-order valence-corrected chi connectivity index (χ4v) is 1.68. The lowest BCUT2D eigenvalue weighted by Gasteiger charge is -2.09. The predicted molar refractivity (Wildman–Crippen MR) is 76.1 cm³/mol. The third kappa shape index (κ3) is 3.89. The summed E-state index contributed by atoms with van der Waals surface area (Å²) in [5, 5.41) is 3.04. The predicted octanol–water partition coefficient (Wildman–Crippen LogP) is 3.67. The van der Waals surface area contributed by atoms with Crippen molar-refractivity contribution in [3.63, 3.8) is 0 Å². The Kier molecular flexibility index (Phi) is 4.26. The normalized spacial score (nSPS) is 9.95. The molecule has 4 nitrogen and oxygen atoms in total. The quantitative estimate of drug-likeness (QED) is 0.841. The van der Waals surface area contributed by atoms with Crippen molar-refractivity contribution in [3.05, 3.63) is 59.1 Å². The number of anilines is 2. The van der Waals surface area contributed by atoms with Gasteiger partial charge in [0.25, 0.3) is 0 Å². The Morgan fingerprint density at radius 1 is 1.21 bits per heavy atom. The van der Waals surface area contributed by atoms with Gasteiger partial charge < -0.3 is 10.5 Å². The topological polar surface area (TPSA) is 64.3 Å². The molecule has 1 amide bonds. The molecule has 2 rings (SSSR count). The molecule has 0 bridgehead atoms. The number of carbonyl (C=O) groups is 1. The van der Waals surface area contributed by atoms with Crippen LogP contribution < -0.4 is 11.1 Å². The van der Waals surface area contributed by atoms with Gasteiger partial charge in [0.05, 0.1) is 11.4 Å². The summed E-state index contributed by atoms with van der Waals surface area (Å²) in [5.74, 6) is 0. The van der Waals surface area contributed by atoms with E-state index in [2.05, 4.69) is 5.32 Å². The maximum Gasteiger partial charge on any atom is 0.412 e. The van der Waals surface area contributed by atoms with Crippen LogP contribution in [-0.2, 0) is 11.3 Å². The van der Waals surface area contributed by atoms with E-state index in [1.54, 1.807) is 18.2 Å². The van der Waals surface area contributed by atoms with E-state index < -0.39 is 6.09 Å². The molecule has 19 heavy (non-hydrogen) atoms. The van der Waals surface area contributed by atoms with Crippen molar-refractivity contribution in [2.24, 2.45) is 0 Å². The standard InChI is InChI=1S/C14H13ClN2O2/c15-11-6-7-12(16)13(8-11)17-14(18)19-9-10-4-2-1-3-5-10/h1-8H,9,16H2,(H,17,18). The van der Waals surface area contributed by atoms with Crippen molar-refractivity contribution in [3.8, 4) is 0 Å². The minimum atomic E-state index is -0.571. The van der Waals surface area contributed by atoms with Gasteiger partial charge in [0.15, 0.2) is 0 Å². The molecular formula is C14H13ClN2O2. The molecule has 0 unspecified atom stereocenters. The minimum absolute atomic E-state index is 0.202. The van der Waals surface area contributed by atoms with E-state index in [9.17, 15) is 4.79 Å². The van der Waals surface area contributed by atoms with Gasteiger partial charge in [-0.25, -0.2) is 4.79 Å². The van der Waals surface area contributed by atoms with Crippen molar-refractivity contribution >= 4 is 29.1 Å². The summed E-state index contributed by atoms with van der Waals surface area (Å²) in [6.07, 6.45) is -0.571. The van der Waals surface area contributed by atoms with E-state index in [0.717, 1.165) is 5.56 Å². The Morgan fingerprint density at radius 3 is 2.68 bits per heavy atom. The first-order valence-electron chi connectivity index (χ1n) is 5.68. The average molecular weight is 277 g/mol. The van der Waals surface area contributed by atoms with Crippen molar-refractivity contribution in [2.75, 3.05) is 11.1 Å². The second-order valence-electron chi connectivity index (χ2n) is 3.92. The van der Waals surface area contributed by atoms with Gasteiger partial charge >= 0.3 is 6.09 Å². The first-order chi connectivity index (χ1) is 9.15. The third-order valence-corrected chi connectivity index (χ3v) is 2.70. The highest BCUT2D eigenvalue weighted by Gasteiger charge is 2.07. The Morgan fingerprint density at radius 2 is 1.95 bits per heavy atom. The zero-order valence-corrected chi connectivity index (χ0v) is 10.9. The molecule has 98 valence electrons. The first-order valence-corrected chi connectivity index (χ1v) is 6.05. The lowest BCUT2D eigenvalue weighted by Crippen LogP contribution is -2.14. The van der Waals surface area contributed by atoms with E-state index in [0.29, 0.717) is 16.4 Å². The van der Waals surface area contributed by atoms with Gasteiger partial charge in [0, 0.05) is 5.02 Å². The molecule has 0 aliphatic carbocycles. The molecule has 0 aliphatic rings. The number of nitrogens with one attached hydrogen (secondary N) is 1. The van der Waals surface area contributed by atoms with Gasteiger partial charge in [-0.05, 0) is 23.8 Å². The summed E-state index contributed by atoms with van der Waals surface area (Å²) < 4.78 is 5.08. The fourth-order valence-electron chi connectivity index (χ4n) is 1.51. The monoisotopic (exact) mass is 276 g/mol. The van der Waals surface area contributed by atoms with Crippen LogP contribution in [0.25, 0.3) is 0 Å². The van der Waals surface area contributed by atoms with Crippen LogP contribution >= 0.6 is 11.6 Å². The summed E-state index contributed by atoms with van der Waals surface area (Å²) in [4.78, 5) is 11.6. The summed E-state index contributed by atoms with van der Waals surface area (Å²) in [6, 6.07) is 14.3. The van der Waals surface area contributed by atoms with Crippen LogP contribution in [0.2, 0.25) is 5.02 Å². The van der Waals surface area contributed by atoms with Gasteiger partial charge in [-0.15, -0.1) is 0 Å². The maximum absolute atomic E-state index is 11.6. The summed E-state index contributed by atoms with van der Waals surface area (Å²) >= 11 is 5.83. The molecule has 0 aliphatic heterocycles. The molecule has 0 fully saturated rings. The summed E-state index contributed by atoms with van der Waals surface area (Å²) in [5.41, 5.74) is 7.50. The van der Waals surface area contributed by atoms with Crippen LogP contribution in [0.5, 0.6) is 0 Å². The van der Waals surface area contributed by atoms with Gasteiger partial charge in [-0.3, -0.25) is 5.32 Å². The zero-order chi connectivity index (χ0) is 13.7. The zero-order valence-electron chi connectivity index (χ0n) is 10.1. The Balaban J connectivity index is 1.93. The number of halogens is 1. The molecule has 3 N–H and O–H groups in total. The average Bonchev–Trinajstić information content (AvgIpc) is 2.42. The lowest BCUT2D eigenvalue weighted by atomic mass is 10.2. The largest absolute Gasteiger partial charge is 0.444 e. The molecule has 2 aromatic rings. The van der Waals surface area contributed by atoms with Crippen LogP contribution in [-0.4, -0.2) is 6.09 Å². The molecule has 0 saturated carbocycles. The van der Waals surface area contributed by atoms with Gasteiger partial charge in [-0.1, -0.05) is 41.9 Å². The number of hydrogen-bond acceptors (Lipinski definition) is 3. The van der Waals surface area contributed by atoms with Crippen molar-refractivity contribution in [2.45, 2.75) is 6.61 Å². The van der Waals surface area contributed by atoms with Gasteiger partial charge in [-0.2, -0.15) is 0 Å². The molecule has 0 saturated heterocycles. The van der Waals surface area contributed by atoms with Crippen molar-refractivity contribution in [1.82, 2.24) is 0 Å². The van der Waals surface area contributed by atoms with Gasteiger partial charge in [0.1, 0.15) is 6.61 Å². The molecule has 2 aromatic carbocycles. The van der Waals surface area contributed by atoms with Crippen LogP contribution in [0, 0.1) is 0 Å². The first kappa shape index (κ1) is 13.2.